The maximum absolute atomic E-state index is 13.4. The van der Waals surface area contributed by atoms with Crippen molar-refractivity contribution in [1.29, 1.82) is 0 Å². The van der Waals surface area contributed by atoms with Crippen LogP contribution in [0.5, 0.6) is 0 Å². The standard InChI is InChI=1S/C14H20FNO3/c1-9(2)12(17)7-14(19)16-8-13(18)10-5-3-4-6-11(10)15/h3-6,9,12-13,17-18H,7-8H2,1-2H3,(H,16,19). The molecule has 0 aliphatic rings. The third-order valence-electron chi connectivity index (χ3n) is 2.92. The topological polar surface area (TPSA) is 69.6 Å². The van der Waals surface area contributed by atoms with Gasteiger partial charge in [-0.25, -0.2) is 4.39 Å². The summed E-state index contributed by atoms with van der Waals surface area (Å²) in [5.74, 6) is -0.884. The summed E-state index contributed by atoms with van der Waals surface area (Å²) in [7, 11) is 0. The van der Waals surface area contributed by atoms with Gasteiger partial charge in [0.1, 0.15) is 5.82 Å². The minimum atomic E-state index is -1.10. The zero-order valence-corrected chi connectivity index (χ0v) is 11.1. The van der Waals surface area contributed by atoms with Crippen molar-refractivity contribution in [3.8, 4) is 0 Å². The molecule has 0 fully saturated rings. The van der Waals surface area contributed by atoms with Gasteiger partial charge in [-0.15, -0.1) is 0 Å². The summed E-state index contributed by atoms with van der Waals surface area (Å²) in [4.78, 5) is 11.5. The molecule has 2 atom stereocenters. The first-order valence-corrected chi connectivity index (χ1v) is 6.29. The third kappa shape index (κ3) is 4.96. The molecule has 19 heavy (non-hydrogen) atoms. The predicted octanol–water partition coefficient (Wildman–Crippen LogP) is 1.38. The molecule has 4 nitrogen and oxygen atoms in total. The van der Waals surface area contributed by atoms with Crippen LogP contribution in [0.15, 0.2) is 24.3 Å². The zero-order valence-electron chi connectivity index (χ0n) is 11.1. The first-order valence-electron chi connectivity index (χ1n) is 6.29. The van der Waals surface area contributed by atoms with E-state index in [0.29, 0.717) is 0 Å². The van der Waals surface area contributed by atoms with Gasteiger partial charge in [-0.05, 0) is 12.0 Å². The van der Waals surface area contributed by atoms with Crippen molar-refractivity contribution in [3.05, 3.63) is 35.6 Å². The normalized spacial score (nSPS) is 14.2. The Kier molecular flexibility index (Phi) is 5.92. The quantitative estimate of drug-likeness (QED) is 0.731. The van der Waals surface area contributed by atoms with E-state index in [4.69, 9.17) is 0 Å². The van der Waals surface area contributed by atoms with Crippen LogP contribution in [0.25, 0.3) is 0 Å². The number of hydrogen-bond acceptors (Lipinski definition) is 3. The van der Waals surface area contributed by atoms with E-state index in [2.05, 4.69) is 5.32 Å². The molecule has 1 rings (SSSR count). The van der Waals surface area contributed by atoms with Crippen molar-refractivity contribution in [2.75, 3.05) is 6.54 Å². The Morgan fingerprint density at radius 1 is 1.32 bits per heavy atom. The van der Waals surface area contributed by atoms with Crippen LogP contribution in [0.4, 0.5) is 4.39 Å². The fourth-order valence-electron chi connectivity index (χ4n) is 1.56. The fourth-order valence-corrected chi connectivity index (χ4v) is 1.56. The van der Waals surface area contributed by atoms with Gasteiger partial charge in [0.15, 0.2) is 0 Å². The highest BCUT2D eigenvalue weighted by molar-refractivity contribution is 5.76. The molecule has 1 aromatic carbocycles. The second kappa shape index (κ2) is 7.21. The van der Waals surface area contributed by atoms with Gasteiger partial charge in [-0.1, -0.05) is 32.0 Å². The molecule has 0 spiro atoms. The minimum Gasteiger partial charge on any atom is -0.392 e. The molecule has 5 heteroatoms. The third-order valence-corrected chi connectivity index (χ3v) is 2.92. The lowest BCUT2D eigenvalue weighted by Crippen LogP contribution is -2.32. The van der Waals surface area contributed by atoms with Crippen LogP contribution in [-0.4, -0.2) is 28.8 Å². The number of halogens is 1. The first kappa shape index (κ1) is 15.6. The van der Waals surface area contributed by atoms with E-state index >= 15 is 0 Å². The largest absolute Gasteiger partial charge is 0.392 e. The van der Waals surface area contributed by atoms with E-state index in [1.54, 1.807) is 6.07 Å². The molecule has 0 heterocycles. The van der Waals surface area contributed by atoms with Crippen molar-refractivity contribution in [2.24, 2.45) is 5.92 Å². The number of hydrogen-bond donors (Lipinski definition) is 3. The monoisotopic (exact) mass is 269 g/mol. The molecular formula is C14H20FNO3. The molecular weight excluding hydrogens is 249 g/mol. The van der Waals surface area contributed by atoms with Gasteiger partial charge in [-0.2, -0.15) is 0 Å². The van der Waals surface area contributed by atoms with Gasteiger partial charge < -0.3 is 15.5 Å². The molecule has 0 saturated heterocycles. The number of nitrogens with one attached hydrogen (secondary N) is 1. The number of aliphatic hydroxyl groups is 2. The summed E-state index contributed by atoms with van der Waals surface area (Å²) in [5.41, 5.74) is 0.146. The van der Waals surface area contributed by atoms with Crippen molar-refractivity contribution in [3.63, 3.8) is 0 Å². The first-order chi connectivity index (χ1) is 8.91. The van der Waals surface area contributed by atoms with E-state index in [-0.39, 0.29) is 30.4 Å². The second-order valence-corrected chi connectivity index (χ2v) is 4.86. The summed E-state index contributed by atoms with van der Waals surface area (Å²) in [5, 5.41) is 21.8. The number of carbonyl (C=O) groups excluding carboxylic acids is 1. The minimum absolute atomic E-state index is 0.0118. The summed E-state index contributed by atoms with van der Waals surface area (Å²) in [6.45, 7) is 3.54. The van der Waals surface area contributed by atoms with Crippen LogP contribution >= 0.6 is 0 Å². The van der Waals surface area contributed by atoms with E-state index < -0.39 is 18.0 Å². The van der Waals surface area contributed by atoms with Crippen LogP contribution in [0.3, 0.4) is 0 Å². The Labute approximate surface area is 112 Å². The number of carbonyl (C=O) groups is 1. The Balaban J connectivity index is 2.44. The van der Waals surface area contributed by atoms with Crippen LogP contribution in [0.2, 0.25) is 0 Å². The number of benzene rings is 1. The smallest absolute Gasteiger partial charge is 0.222 e. The lowest BCUT2D eigenvalue weighted by Gasteiger charge is -2.16. The maximum Gasteiger partial charge on any atom is 0.222 e. The number of amides is 1. The molecule has 2 unspecified atom stereocenters. The Hall–Kier alpha value is -1.46. The second-order valence-electron chi connectivity index (χ2n) is 4.86. The Bertz CT molecular complexity index is 423. The highest BCUT2D eigenvalue weighted by Gasteiger charge is 2.16. The molecule has 0 radical (unpaired) electrons. The van der Waals surface area contributed by atoms with Gasteiger partial charge in [-0.3, -0.25) is 4.79 Å². The summed E-state index contributed by atoms with van der Waals surface area (Å²) in [6, 6.07) is 5.87. The number of rotatable bonds is 6. The van der Waals surface area contributed by atoms with Crippen LogP contribution < -0.4 is 5.32 Å². The Morgan fingerprint density at radius 2 is 1.95 bits per heavy atom. The van der Waals surface area contributed by atoms with Gasteiger partial charge in [0, 0.05) is 12.1 Å². The summed E-state index contributed by atoms with van der Waals surface area (Å²) in [6.07, 6.45) is -1.84. The molecule has 1 aromatic rings. The van der Waals surface area contributed by atoms with Crippen molar-refractivity contribution >= 4 is 5.91 Å². The summed E-state index contributed by atoms with van der Waals surface area (Å²) < 4.78 is 13.4. The molecule has 0 aromatic heterocycles. The zero-order chi connectivity index (χ0) is 14.4. The molecule has 0 aliphatic heterocycles. The summed E-state index contributed by atoms with van der Waals surface area (Å²) >= 11 is 0. The van der Waals surface area contributed by atoms with Crippen molar-refractivity contribution in [2.45, 2.75) is 32.5 Å². The van der Waals surface area contributed by atoms with E-state index in [9.17, 15) is 19.4 Å². The van der Waals surface area contributed by atoms with Gasteiger partial charge in [0.05, 0.1) is 18.6 Å². The van der Waals surface area contributed by atoms with E-state index in [0.717, 1.165) is 0 Å². The Morgan fingerprint density at radius 3 is 2.53 bits per heavy atom. The van der Waals surface area contributed by atoms with Crippen LogP contribution in [-0.2, 0) is 4.79 Å². The average molecular weight is 269 g/mol. The highest BCUT2D eigenvalue weighted by Crippen LogP contribution is 2.15. The lowest BCUT2D eigenvalue weighted by atomic mass is 10.0. The molecule has 3 N–H and O–H groups in total. The van der Waals surface area contributed by atoms with Crippen molar-refractivity contribution < 1.29 is 19.4 Å². The molecule has 1 amide bonds. The van der Waals surface area contributed by atoms with Crippen LogP contribution in [0, 0.1) is 11.7 Å². The fraction of sp³-hybridized carbons (Fsp3) is 0.500. The molecule has 106 valence electrons. The van der Waals surface area contributed by atoms with Gasteiger partial charge >= 0.3 is 0 Å². The van der Waals surface area contributed by atoms with Crippen LogP contribution in [0.1, 0.15) is 31.9 Å². The molecule has 0 saturated carbocycles. The lowest BCUT2D eigenvalue weighted by molar-refractivity contribution is -0.124. The maximum atomic E-state index is 13.4. The number of aliphatic hydroxyl groups excluding tert-OH is 2. The highest BCUT2D eigenvalue weighted by atomic mass is 19.1. The van der Waals surface area contributed by atoms with Gasteiger partial charge in [0.2, 0.25) is 5.91 Å². The average Bonchev–Trinajstić information content (AvgIpc) is 2.36. The molecule has 0 aliphatic carbocycles. The van der Waals surface area contributed by atoms with E-state index in [1.807, 2.05) is 13.8 Å². The van der Waals surface area contributed by atoms with E-state index in [1.165, 1.54) is 18.2 Å². The van der Waals surface area contributed by atoms with Gasteiger partial charge in [0.25, 0.3) is 0 Å². The molecule has 0 bridgehead atoms. The predicted molar refractivity (Wildman–Crippen MR) is 69.8 cm³/mol. The van der Waals surface area contributed by atoms with Crippen molar-refractivity contribution in [1.82, 2.24) is 5.32 Å². The SMILES string of the molecule is CC(C)C(O)CC(=O)NCC(O)c1ccccc1F.